The maximum atomic E-state index is 12.8. The van der Waals surface area contributed by atoms with E-state index < -0.39 is 6.04 Å². The first-order chi connectivity index (χ1) is 11.9. The summed E-state index contributed by atoms with van der Waals surface area (Å²) in [4.78, 5) is 44.8. The largest absolute Gasteiger partial charge is 0.300 e. The molecule has 25 heavy (non-hydrogen) atoms. The fourth-order valence-electron chi connectivity index (χ4n) is 3.51. The fraction of sp³-hybridized carbons (Fsp3) is 0.556. The minimum Gasteiger partial charge on any atom is -0.300 e. The van der Waals surface area contributed by atoms with Gasteiger partial charge in [-0.3, -0.25) is 19.3 Å². The number of likely N-dealkylation sites (tertiary alicyclic amines) is 1. The normalized spacial score (nSPS) is 23.9. The summed E-state index contributed by atoms with van der Waals surface area (Å²) < 4.78 is 0. The molecule has 6 nitrogen and oxygen atoms in total. The molecule has 1 aliphatic heterocycles. The molecule has 1 saturated heterocycles. The Morgan fingerprint density at radius 1 is 1.28 bits per heavy atom. The van der Waals surface area contributed by atoms with Crippen molar-refractivity contribution in [1.82, 2.24) is 9.88 Å². The number of aryl methyl sites for hydroxylation is 1. The second-order valence-electron chi connectivity index (χ2n) is 7.11. The van der Waals surface area contributed by atoms with Gasteiger partial charge in [0.1, 0.15) is 6.04 Å². The minimum atomic E-state index is -0.783. The van der Waals surface area contributed by atoms with Gasteiger partial charge in [-0.1, -0.05) is 26.0 Å². The molecule has 3 amide bonds. The molecular weight excluding hydrogens is 338 g/mol. The number of nitrogens with zero attached hydrogens (tertiary/aromatic N) is 2. The Labute approximate surface area is 151 Å². The highest BCUT2D eigenvalue weighted by Crippen LogP contribution is 2.37. The molecule has 0 aromatic carbocycles. The summed E-state index contributed by atoms with van der Waals surface area (Å²) in [6.45, 7) is 5.87. The lowest BCUT2D eigenvalue weighted by molar-refractivity contribution is -0.147. The van der Waals surface area contributed by atoms with Crippen LogP contribution in [0.1, 0.15) is 38.0 Å². The number of allylic oxidation sites excluding steroid dienone is 2. The second-order valence-corrected chi connectivity index (χ2v) is 8.35. The Kier molecular flexibility index (Phi) is 5.03. The predicted octanol–water partition coefficient (Wildman–Crippen LogP) is 2.76. The number of aromatic nitrogens is 1. The molecule has 0 bridgehead atoms. The van der Waals surface area contributed by atoms with Crippen molar-refractivity contribution in [2.24, 2.45) is 17.8 Å². The van der Waals surface area contributed by atoms with Crippen LogP contribution < -0.4 is 5.32 Å². The number of hydrogen-bond donors (Lipinski definition) is 1. The maximum Gasteiger partial charge on any atom is 0.249 e. The van der Waals surface area contributed by atoms with Gasteiger partial charge < -0.3 is 5.32 Å². The first-order valence-electron chi connectivity index (χ1n) is 8.63. The molecule has 3 unspecified atom stereocenters. The molecule has 1 fully saturated rings. The van der Waals surface area contributed by atoms with E-state index in [0.29, 0.717) is 24.4 Å². The lowest BCUT2D eigenvalue weighted by Crippen LogP contribution is -2.48. The van der Waals surface area contributed by atoms with E-state index in [0.717, 1.165) is 4.88 Å². The van der Waals surface area contributed by atoms with E-state index in [1.807, 2.05) is 32.9 Å². The van der Waals surface area contributed by atoms with Crippen LogP contribution in [0.3, 0.4) is 0 Å². The number of thiazole rings is 1. The van der Waals surface area contributed by atoms with Crippen molar-refractivity contribution < 1.29 is 14.4 Å². The first kappa shape index (κ1) is 17.8. The number of amides is 3. The van der Waals surface area contributed by atoms with Gasteiger partial charge in [0.05, 0.1) is 11.8 Å². The SMILES string of the molecule is Cc1cnc(NC(=O)C(CC(C)C)N2C(=O)C3CC=CCC3C2=O)s1. The van der Waals surface area contributed by atoms with Crippen LogP contribution in [0.4, 0.5) is 5.13 Å². The van der Waals surface area contributed by atoms with Crippen LogP contribution in [0, 0.1) is 24.7 Å². The zero-order valence-electron chi connectivity index (χ0n) is 14.7. The Balaban J connectivity index is 1.83. The van der Waals surface area contributed by atoms with Crippen molar-refractivity contribution >= 4 is 34.2 Å². The van der Waals surface area contributed by atoms with Crippen LogP contribution in [-0.4, -0.2) is 33.6 Å². The van der Waals surface area contributed by atoms with Crippen LogP contribution in [0.15, 0.2) is 18.3 Å². The summed E-state index contributed by atoms with van der Waals surface area (Å²) in [5.41, 5.74) is 0. The van der Waals surface area contributed by atoms with Gasteiger partial charge in [0.15, 0.2) is 5.13 Å². The average Bonchev–Trinajstić information content (AvgIpc) is 3.08. The number of rotatable bonds is 5. The lowest BCUT2D eigenvalue weighted by atomic mass is 9.85. The van der Waals surface area contributed by atoms with Gasteiger partial charge in [-0.05, 0) is 32.1 Å². The van der Waals surface area contributed by atoms with Gasteiger partial charge in [0.25, 0.3) is 0 Å². The smallest absolute Gasteiger partial charge is 0.249 e. The molecule has 2 heterocycles. The summed E-state index contributed by atoms with van der Waals surface area (Å²) in [7, 11) is 0. The van der Waals surface area contributed by atoms with Crippen molar-refractivity contribution in [3.63, 3.8) is 0 Å². The third-order valence-electron chi connectivity index (χ3n) is 4.70. The van der Waals surface area contributed by atoms with Crippen LogP contribution in [0.5, 0.6) is 0 Å². The number of anilines is 1. The van der Waals surface area contributed by atoms with Gasteiger partial charge >= 0.3 is 0 Å². The van der Waals surface area contributed by atoms with E-state index in [9.17, 15) is 14.4 Å². The van der Waals surface area contributed by atoms with E-state index in [1.165, 1.54) is 16.2 Å². The summed E-state index contributed by atoms with van der Waals surface area (Å²) in [5.74, 6) is -1.22. The van der Waals surface area contributed by atoms with Crippen LogP contribution >= 0.6 is 11.3 Å². The van der Waals surface area contributed by atoms with Gasteiger partial charge in [-0.25, -0.2) is 4.98 Å². The molecule has 1 N–H and O–H groups in total. The Morgan fingerprint density at radius 2 is 1.88 bits per heavy atom. The lowest BCUT2D eigenvalue weighted by Gasteiger charge is -2.26. The third kappa shape index (κ3) is 3.51. The van der Waals surface area contributed by atoms with Gasteiger partial charge in [-0.2, -0.15) is 0 Å². The molecule has 3 rings (SSSR count). The number of carbonyl (C=O) groups excluding carboxylic acids is 3. The number of nitrogens with one attached hydrogen (secondary N) is 1. The summed E-state index contributed by atoms with van der Waals surface area (Å²) in [5, 5.41) is 3.27. The molecule has 1 aliphatic carbocycles. The number of carbonyl (C=O) groups is 3. The molecule has 1 aromatic heterocycles. The zero-order chi connectivity index (χ0) is 18.1. The first-order valence-corrected chi connectivity index (χ1v) is 9.45. The summed E-state index contributed by atoms with van der Waals surface area (Å²) in [6.07, 6.45) is 7.18. The minimum absolute atomic E-state index is 0.176. The van der Waals surface area contributed by atoms with Crippen molar-refractivity contribution in [1.29, 1.82) is 0 Å². The highest BCUT2D eigenvalue weighted by molar-refractivity contribution is 7.15. The molecule has 3 atom stereocenters. The van der Waals surface area contributed by atoms with Gasteiger partial charge in [-0.15, -0.1) is 11.3 Å². The molecule has 2 aliphatic rings. The molecule has 7 heteroatoms. The van der Waals surface area contributed by atoms with E-state index in [2.05, 4.69) is 10.3 Å². The van der Waals surface area contributed by atoms with Crippen LogP contribution in [0.25, 0.3) is 0 Å². The molecule has 1 aromatic rings. The summed E-state index contributed by atoms with van der Waals surface area (Å²) >= 11 is 1.38. The third-order valence-corrected chi connectivity index (χ3v) is 5.53. The average molecular weight is 361 g/mol. The number of imide groups is 1. The number of hydrogen-bond acceptors (Lipinski definition) is 5. The highest BCUT2D eigenvalue weighted by Gasteiger charge is 2.51. The zero-order valence-corrected chi connectivity index (χ0v) is 15.5. The molecule has 134 valence electrons. The van der Waals surface area contributed by atoms with E-state index in [4.69, 9.17) is 0 Å². The predicted molar refractivity (Wildman–Crippen MR) is 95.9 cm³/mol. The maximum absolute atomic E-state index is 12.8. The Hall–Kier alpha value is -2.02. The Bertz CT molecular complexity index is 699. The van der Waals surface area contributed by atoms with Gasteiger partial charge in [0.2, 0.25) is 17.7 Å². The van der Waals surface area contributed by atoms with E-state index >= 15 is 0 Å². The van der Waals surface area contributed by atoms with Crippen LogP contribution in [-0.2, 0) is 14.4 Å². The Morgan fingerprint density at radius 3 is 2.36 bits per heavy atom. The monoisotopic (exact) mass is 361 g/mol. The van der Waals surface area contributed by atoms with Gasteiger partial charge in [0, 0.05) is 11.1 Å². The topological polar surface area (TPSA) is 79.4 Å². The molecule has 0 radical (unpaired) electrons. The quantitative estimate of drug-likeness (QED) is 0.646. The van der Waals surface area contributed by atoms with Crippen molar-refractivity contribution in [3.05, 3.63) is 23.2 Å². The van der Waals surface area contributed by atoms with Crippen molar-refractivity contribution in [2.45, 2.75) is 46.1 Å². The van der Waals surface area contributed by atoms with E-state index in [1.54, 1.807) is 6.20 Å². The van der Waals surface area contributed by atoms with Crippen LogP contribution in [0.2, 0.25) is 0 Å². The fourth-order valence-corrected chi connectivity index (χ4v) is 4.18. The molecular formula is C18H23N3O3S. The van der Waals surface area contributed by atoms with Crippen molar-refractivity contribution in [3.8, 4) is 0 Å². The number of fused-ring (bicyclic) bond motifs is 1. The van der Waals surface area contributed by atoms with Crippen molar-refractivity contribution in [2.75, 3.05) is 5.32 Å². The second kappa shape index (κ2) is 7.07. The summed E-state index contributed by atoms with van der Waals surface area (Å²) in [6, 6.07) is -0.783. The standard InChI is InChI=1S/C18H23N3O3S/c1-10(2)8-14(15(22)20-18-19-9-11(3)25-18)21-16(23)12-6-4-5-7-13(12)17(21)24/h4-5,9-10,12-14H,6-8H2,1-3H3,(H,19,20,22). The van der Waals surface area contributed by atoms with E-state index in [-0.39, 0.29) is 35.5 Å². The highest BCUT2D eigenvalue weighted by atomic mass is 32.1. The molecule has 0 saturated carbocycles. The molecule has 0 spiro atoms.